The predicted octanol–water partition coefficient (Wildman–Crippen LogP) is 3.12. The first-order valence-electron chi connectivity index (χ1n) is 6.16. The third-order valence-corrected chi connectivity index (χ3v) is 3.59. The minimum atomic E-state index is -0.0710. The Hall–Kier alpha value is -1.54. The molecule has 1 aromatic heterocycles. The largest absolute Gasteiger partial charge is 0.469 e. The molecule has 17 heavy (non-hydrogen) atoms. The molecule has 3 rings (SSSR count). The summed E-state index contributed by atoms with van der Waals surface area (Å²) in [5.41, 5.74) is 11.5. The van der Waals surface area contributed by atoms with Gasteiger partial charge in [-0.05, 0) is 48.9 Å². The van der Waals surface area contributed by atoms with Crippen LogP contribution >= 0.6 is 0 Å². The molecule has 1 aliphatic carbocycles. The van der Waals surface area contributed by atoms with Gasteiger partial charge in [0.15, 0.2) is 0 Å². The number of benzene rings is 1. The summed E-state index contributed by atoms with van der Waals surface area (Å²) in [5.74, 6) is 0.914. The van der Waals surface area contributed by atoms with E-state index in [4.69, 9.17) is 10.2 Å². The van der Waals surface area contributed by atoms with Crippen molar-refractivity contribution < 1.29 is 4.42 Å². The molecule has 2 heteroatoms. The number of hydrogen-bond donors (Lipinski definition) is 1. The highest BCUT2D eigenvalue weighted by molar-refractivity contribution is 5.39. The fourth-order valence-corrected chi connectivity index (χ4v) is 2.60. The van der Waals surface area contributed by atoms with E-state index >= 15 is 0 Å². The fourth-order valence-electron chi connectivity index (χ4n) is 2.60. The summed E-state index contributed by atoms with van der Waals surface area (Å²) >= 11 is 0. The van der Waals surface area contributed by atoms with Gasteiger partial charge in [0.1, 0.15) is 5.76 Å². The molecule has 1 aromatic carbocycles. The van der Waals surface area contributed by atoms with Crippen LogP contribution in [0.1, 0.15) is 40.5 Å². The van der Waals surface area contributed by atoms with Crippen LogP contribution in [0, 0.1) is 6.92 Å². The molecule has 0 bridgehead atoms. The Kier molecular flexibility index (Phi) is 2.52. The molecule has 0 amide bonds. The smallest absolute Gasteiger partial charge is 0.101 e. The van der Waals surface area contributed by atoms with Gasteiger partial charge in [-0.25, -0.2) is 0 Å². The second-order valence-electron chi connectivity index (χ2n) is 4.85. The van der Waals surface area contributed by atoms with E-state index in [9.17, 15) is 0 Å². The summed E-state index contributed by atoms with van der Waals surface area (Å²) in [4.78, 5) is 0. The van der Waals surface area contributed by atoms with E-state index in [0.29, 0.717) is 0 Å². The first-order valence-corrected chi connectivity index (χ1v) is 6.16. The first kappa shape index (κ1) is 10.6. The Morgan fingerprint density at radius 3 is 2.71 bits per heavy atom. The zero-order valence-corrected chi connectivity index (χ0v) is 10.1. The number of nitrogens with two attached hydrogens (primary N) is 1. The van der Waals surface area contributed by atoms with Gasteiger partial charge in [-0.2, -0.15) is 0 Å². The molecular weight excluding hydrogens is 210 g/mol. The lowest BCUT2D eigenvalue weighted by atomic mass is 9.98. The molecular formula is C15H17NO. The van der Waals surface area contributed by atoms with Crippen molar-refractivity contribution in [3.63, 3.8) is 0 Å². The normalized spacial score (nSPS) is 15.9. The number of rotatable bonds is 2. The summed E-state index contributed by atoms with van der Waals surface area (Å²) in [5, 5.41) is 0. The van der Waals surface area contributed by atoms with Gasteiger partial charge in [-0.1, -0.05) is 18.2 Å². The summed E-state index contributed by atoms with van der Waals surface area (Å²) < 4.78 is 5.32. The van der Waals surface area contributed by atoms with E-state index < -0.39 is 0 Å². The van der Waals surface area contributed by atoms with Gasteiger partial charge >= 0.3 is 0 Å². The second kappa shape index (κ2) is 4.04. The first-order chi connectivity index (χ1) is 8.24. The average molecular weight is 227 g/mol. The van der Waals surface area contributed by atoms with Gasteiger partial charge in [-0.15, -0.1) is 0 Å². The molecule has 0 saturated heterocycles. The van der Waals surface area contributed by atoms with Crippen molar-refractivity contribution in [2.75, 3.05) is 0 Å². The molecule has 1 atom stereocenters. The minimum absolute atomic E-state index is 0.0710. The number of hydrogen-bond acceptors (Lipinski definition) is 2. The van der Waals surface area contributed by atoms with Crippen molar-refractivity contribution in [2.45, 2.75) is 32.2 Å². The van der Waals surface area contributed by atoms with E-state index in [2.05, 4.69) is 18.2 Å². The van der Waals surface area contributed by atoms with Crippen molar-refractivity contribution in [1.82, 2.24) is 0 Å². The topological polar surface area (TPSA) is 39.2 Å². The Labute approximate surface area is 101 Å². The van der Waals surface area contributed by atoms with Gasteiger partial charge in [-0.3, -0.25) is 0 Å². The monoisotopic (exact) mass is 227 g/mol. The van der Waals surface area contributed by atoms with Crippen molar-refractivity contribution >= 4 is 0 Å². The molecule has 0 saturated carbocycles. The lowest BCUT2D eigenvalue weighted by molar-refractivity contribution is 0.530. The fraction of sp³-hybridized carbons (Fsp3) is 0.333. The van der Waals surface area contributed by atoms with Crippen LogP contribution in [-0.2, 0) is 12.8 Å². The average Bonchev–Trinajstić information content (AvgIpc) is 2.95. The Morgan fingerprint density at radius 1 is 1.12 bits per heavy atom. The lowest BCUT2D eigenvalue weighted by Gasteiger charge is -2.11. The summed E-state index contributed by atoms with van der Waals surface area (Å²) in [6.07, 6.45) is 5.45. The van der Waals surface area contributed by atoms with E-state index in [1.807, 2.05) is 13.0 Å². The number of furan rings is 1. The Morgan fingerprint density at radius 2 is 1.94 bits per heavy atom. The van der Waals surface area contributed by atoms with E-state index in [-0.39, 0.29) is 6.04 Å². The van der Waals surface area contributed by atoms with Crippen molar-refractivity contribution in [3.8, 4) is 0 Å². The van der Waals surface area contributed by atoms with Crippen molar-refractivity contribution in [3.05, 3.63) is 58.5 Å². The Bertz CT molecular complexity index is 542. The van der Waals surface area contributed by atoms with Crippen molar-refractivity contribution in [1.29, 1.82) is 0 Å². The quantitative estimate of drug-likeness (QED) is 0.856. The minimum Gasteiger partial charge on any atom is -0.469 e. The zero-order valence-electron chi connectivity index (χ0n) is 10.1. The van der Waals surface area contributed by atoms with Gasteiger partial charge in [0.05, 0.1) is 12.3 Å². The molecule has 2 N–H and O–H groups in total. The van der Waals surface area contributed by atoms with E-state index in [0.717, 1.165) is 11.3 Å². The summed E-state index contributed by atoms with van der Waals surface area (Å²) in [7, 11) is 0. The van der Waals surface area contributed by atoms with Crippen LogP contribution in [0.2, 0.25) is 0 Å². The third kappa shape index (κ3) is 1.89. The standard InChI is InChI=1S/C15H17NO/c1-10-7-14(9-17-10)15(16)13-6-5-11-3-2-4-12(11)8-13/h5-9,15H,2-4,16H2,1H3. The molecule has 88 valence electrons. The maximum atomic E-state index is 6.26. The molecule has 2 nitrogen and oxygen atoms in total. The molecule has 2 aromatic rings. The summed E-state index contributed by atoms with van der Waals surface area (Å²) in [6.45, 7) is 1.94. The Balaban J connectivity index is 1.94. The molecule has 0 spiro atoms. The molecule has 0 radical (unpaired) electrons. The maximum absolute atomic E-state index is 6.26. The third-order valence-electron chi connectivity index (χ3n) is 3.59. The number of aryl methyl sites for hydroxylation is 3. The highest BCUT2D eigenvalue weighted by Crippen LogP contribution is 2.27. The SMILES string of the molecule is Cc1cc(C(N)c2ccc3c(c2)CCC3)co1. The zero-order chi connectivity index (χ0) is 11.8. The van der Waals surface area contributed by atoms with Crippen LogP contribution in [0.15, 0.2) is 34.9 Å². The summed E-state index contributed by atoms with van der Waals surface area (Å²) in [6, 6.07) is 8.58. The van der Waals surface area contributed by atoms with Crippen LogP contribution in [0.5, 0.6) is 0 Å². The lowest BCUT2D eigenvalue weighted by Crippen LogP contribution is -2.11. The molecule has 1 aliphatic rings. The molecule has 0 aliphatic heterocycles. The van der Waals surface area contributed by atoms with Crippen LogP contribution in [-0.4, -0.2) is 0 Å². The van der Waals surface area contributed by atoms with Gasteiger partial charge in [0.2, 0.25) is 0 Å². The van der Waals surface area contributed by atoms with Gasteiger partial charge in [0, 0.05) is 5.56 Å². The van der Waals surface area contributed by atoms with E-state index in [1.165, 1.54) is 36.0 Å². The van der Waals surface area contributed by atoms with E-state index in [1.54, 1.807) is 6.26 Å². The highest BCUT2D eigenvalue weighted by atomic mass is 16.3. The van der Waals surface area contributed by atoms with Gasteiger partial charge in [0.25, 0.3) is 0 Å². The number of fused-ring (bicyclic) bond motifs is 1. The van der Waals surface area contributed by atoms with Crippen LogP contribution in [0.3, 0.4) is 0 Å². The molecule has 0 fully saturated rings. The van der Waals surface area contributed by atoms with Gasteiger partial charge < -0.3 is 10.2 Å². The van der Waals surface area contributed by atoms with Crippen LogP contribution in [0.25, 0.3) is 0 Å². The molecule has 1 heterocycles. The maximum Gasteiger partial charge on any atom is 0.101 e. The van der Waals surface area contributed by atoms with Crippen LogP contribution in [0.4, 0.5) is 0 Å². The second-order valence-corrected chi connectivity index (χ2v) is 4.85. The highest BCUT2D eigenvalue weighted by Gasteiger charge is 2.15. The predicted molar refractivity (Wildman–Crippen MR) is 67.9 cm³/mol. The van der Waals surface area contributed by atoms with Crippen LogP contribution < -0.4 is 5.73 Å². The van der Waals surface area contributed by atoms with Crippen molar-refractivity contribution in [2.24, 2.45) is 5.73 Å². The molecule has 1 unspecified atom stereocenters.